The van der Waals surface area contributed by atoms with E-state index < -0.39 is 24.8 Å². The van der Waals surface area contributed by atoms with Gasteiger partial charge in [0.1, 0.15) is 12.6 Å². The van der Waals surface area contributed by atoms with Crippen molar-refractivity contribution in [2.24, 2.45) is 0 Å². The topological polar surface area (TPSA) is 56.1 Å². The summed E-state index contributed by atoms with van der Waals surface area (Å²) in [5, 5.41) is 10.4. The Balaban J connectivity index is 2.44. The van der Waals surface area contributed by atoms with Crippen molar-refractivity contribution < 1.29 is 18.0 Å². The van der Waals surface area contributed by atoms with Crippen molar-refractivity contribution in [3.8, 4) is 6.07 Å². The highest BCUT2D eigenvalue weighted by atomic mass is 19.4. The number of carbonyl (C=O) groups is 1. The number of urea groups is 1. The molecule has 1 rings (SSSR count). The molecule has 0 aromatic rings. The van der Waals surface area contributed by atoms with Crippen LogP contribution in [0.1, 0.15) is 12.8 Å². The lowest BCUT2D eigenvalue weighted by atomic mass is 10.2. The van der Waals surface area contributed by atoms with Crippen molar-refractivity contribution in [1.29, 1.82) is 5.26 Å². The Labute approximate surface area is 84.6 Å². The molecule has 0 aromatic heterocycles. The maximum Gasteiger partial charge on any atom is 0.405 e. The van der Waals surface area contributed by atoms with Crippen LogP contribution in [0.4, 0.5) is 18.0 Å². The van der Waals surface area contributed by atoms with Crippen LogP contribution < -0.4 is 5.32 Å². The molecule has 0 aromatic carbocycles. The minimum Gasteiger partial charge on any atom is -0.329 e. The van der Waals surface area contributed by atoms with E-state index in [1.165, 1.54) is 0 Å². The van der Waals surface area contributed by atoms with Gasteiger partial charge < -0.3 is 10.2 Å². The average molecular weight is 221 g/mol. The number of nitrogens with one attached hydrogen (secondary N) is 1. The van der Waals surface area contributed by atoms with Gasteiger partial charge in [0.15, 0.2) is 0 Å². The third-order valence-electron chi connectivity index (χ3n) is 2.10. The first-order valence-corrected chi connectivity index (χ1v) is 4.45. The van der Waals surface area contributed by atoms with Gasteiger partial charge in [-0.25, -0.2) is 4.79 Å². The fourth-order valence-electron chi connectivity index (χ4n) is 1.42. The van der Waals surface area contributed by atoms with Crippen LogP contribution in [0.3, 0.4) is 0 Å². The van der Waals surface area contributed by atoms with Gasteiger partial charge >= 0.3 is 12.2 Å². The van der Waals surface area contributed by atoms with Gasteiger partial charge in [-0.3, -0.25) is 0 Å². The summed E-state index contributed by atoms with van der Waals surface area (Å²) < 4.78 is 35.4. The molecule has 1 aliphatic heterocycles. The van der Waals surface area contributed by atoms with E-state index in [0.29, 0.717) is 19.4 Å². The summed E-state index contributed by atoms with van der Waals surface area (Å²) in [7, 11) is 0. The quantitative estimate of drug-likeness (QED) is 0.724. The van der Waals surface area contributed by atoms with Gasteiger partial charge in [-0.2, -0.15) is 18.4 Å². The fourth-order valence-corrected chi connectivity index (χ4v) is 1.42. The summed E-state index contributed by atoms with van der Waals surface area (Å²) >= 11 is 0. The molecule has 1 fully saturated rings. The predicted octanol–water partition coefficient (Wildman–Crippen LogP) is 1.25. The minimum absolute atomic E-state index is 0.335. The van der Waals surface area contributed by atoms with Crippen molar-refractivity contribution in [2.45, 2.75) is 25.1 Å². The molecule has 0 bridgehead atoms. The molecule has 2 amide bonds. The molecule has 84 valence electrons. The fraction of sp³-hybridized carbons (Fsp3) is 0.750. The molecule has 0 spiro atoms. The molecule has 15 heavy (non-hydrogen) atoms. The molecule has 1 unspecified atom stereocenters. The molecule has 4 nitrogen and oxygen atoms in total. The van der Waals surface area contributed by atoms with Crippen LogP contribution in [0.2, 0.25) is 0 Å². The minimum atomic E-state index is -4.42. The first-order chi connectivity index (χ1) is 6.94. The molecule has 1 aliphatic rings. The van der Waals surface area contributed by atoms with Crippen molar-refractivity contribution in [3.63, 3.8) is 0 Å². The summed E-state index contributed by atoms with van der Waals surface area (Å²) in [6, 6.07) is 0.454. The van der Waals surface area contributed by atoms with E-state index in [2.05, 4.69) is 0 Å². The zero-order chi connectivity index (χ0) is 11.5. The Hall–Kier alpha value is -1.45. The second-order valence-corrected chi connectivity index (χ2v) is 3.25. The summed E-state index contributed by atoms with van der Waals surface area (Å²) in [6.07, 6.45) is -3.24. The number of alkyl halides is 3. The predicted molar refractivity (Wildman–Crippen MR) is 44.8 cm³/mol. The van der Waals surface area contributed by atoms with Crippen molar-refractivity contribution in [2.75, 3.05) is 13.1 Å². The molecule has 1 heterocycles. The molecular weight excluding hydrogens is 211 g/mol. The third-order valence-corrected chi connectivity index (χ3v) is 2.10. The lowest BCUT2D eigenvalue weighted by Crippen LogP contribution is -2.45. The van der Waals surface area contributed by atoms with Crippen LogP contribution in [0.15, 0.2) is 0 Å². The van der Waals surface area contributed by atoms with Crippen LogP contribution in [0.5, 0.6) is 0 Å². The average Bonchev–Trinajstić information content (AvgIpc) is 2.60. The number of rotatable bonds is 1. The Kier molecular flexibility index (Phi) is 3.39. The van der Waals surface area contributed by atoms with Crippen molar-refractivity contribution in [3.05, 3.63) is 0 Å². The second kappa shape index (κ2) is 4.38. The summed E-state index contributed by atoms with van der Waals surface area (Å²) in [5.74, 6) is 0. The van der Waals surface area contributed by atoms with Gasteiger partial charge in [0.25, 0.3) is 0 Å². The molecule has 0 radical (unpaired) electrons. The van der Waals surface area contributed by atoms with Gasteiger partial charge in [-0.15, -0.1) is 0 Å². The lowest BCUT2D eigenvalue weighted by Gasteiger charge is -2.20. The lowest BCUT2D eigenvalue weighted by molar-refractivity contribution is -0.123. The van der Waals surface area contributed by atoms with E-state index >= 15 is 0 Å². The number of hydrogen-bond donors (Lipinski definition) is 1. The molecule has 1 atom stereocenters. The van der Waals surface area contributed by atoms with Gasteiger partial charge in [0.2, 0.25) is 0 Å². The van der Waals surface area contributed by atoms with E-state index in [1.807, 2.05) is 6.07 Å². The van der Waals surface area contributed by atoms with Crippen LogP contribution >= 0.6 is 0 Å². The van der Waals surface area contributed by atoms with Crippen molar-refractivity contribution in [1.82, 2.24) is 10.2 Å². The third kappa shape index (κ3) is 3.31. The highest BCUT2D eigenvalue weighted by Gasteiger charge is 2.32. The summed E-state index contributed by atoms with van der Waals surface area (Å²) in [6.45, 7) is -1.03. The Bertz CT molecular complexity index is 284. The SMILES string of the molecule is N#CC1CCCN1C(=O)NCC(F)(F)F. The Morgan fingerprint density at radius 2 is 2.27 bits per heavy atom. The van der Waals surface area contributed by atoms with Crippen molar-refractivity contribution >= 4 is 6.03 Å². The number of amides is 2. The Morgan fingerprint density at radius 3 is 2.80 bits per heavy atom. The Morgan fingerprint density at radius 1 is 1.60 bits per heavy atom. The monoisotopic (exact) mass is 221 g/mol. The smallest absolute Gasteiger partial charge is 0.329 e. The summed E-state index contributed by atoms with van der Waals surface area (Å²) in [4.78, 5) is 12.4. The normalized spacial score (nSPS) is 21.2. The van der Waals surface area contributed by atoms with Crippen LogP contribution in [0.25, 0.3) is 0 Å². The number of halogens is 3. The van der Waals surface area contributed by atoms with Crippen LogP contribution in [-0.4, -0.2) is 36.2 Å². The zero-order valence-electron chi connectivity index (χ0n) is 7.84. The standard InChI is InChI=1S/C8H10F3N3O/c9-8(10,11)5-13-7(15)14-3-1-2-6(14)4-12/h6H,1-3,5H2,(H,13,15). The zero-order valence-corrected chi connectivity index (χ0v) is 7.84. The highest BCUT2D eigenvalue weighted by Crippen LogP contribution is 2.17. The number of nitriles is 1. The molecular formula is C8H10F3N3O. The number of hydrogen-bond acceptors (Lipinski definition) is 2. The number of nitrogens with zero attached hydrogens (tertiary/aromatic N) is 2. The molecule has 0 aliphatic carbocycles. The van der Waals surface area contributed by atoms with Gasteiger partial charge in [-0.1, -0.05) is 0 Å². The van der Waals surface area contributed by atoms with E-state index in [0.717, 1.165) is 4.90 Å². The number of carbonyl (C=O) groups excluding carboxylic acids is 1. The van der Waals surface area contributed by atoms with E-state index in [-0.39, 0.29) is 0 Å². The van der Waals surface area contributed by atoms with Gasteiger partial charge in [0, 0.05) is 6.54 Å². The second-order valence-electron chi connectivity index (χ2n) is 3.25. The maximum absolute atomic E-state index is 11.8. The van der Waals surface area contributed by atoms with Crippen LogP contribution in [0, 0.1) is 11.3 Å². The first-order valence-electron chi connectivity index (χ1n) is 4.45. The van der Waals surface area contributed by atoms with E-state index in [9.17, 15) is 18.0 Å². The van der Waals surface area contributed by atoms with Gasteiger partial charge in [-0.05, 0) is 12.8 Å². The first kappa shape index (κ1) is 11.6. The van der Waals surface area contributed by atoms with Crippen LogP contribution in [-0.2, 0) is 0 Å². The molecule has 0 saturated carbocycles. The van der Waals surface area contributed by atoms with E-state index in [1.54, 1.807) is 5.32 Å². The van der Waals surface area contributed by atoms with E-state index in [4.69, 9.17) is 5.26 Å². The molecule has 7 heteroatoms. The molecule has 1 saturated heterocycles. The highest BCUT2D eigenvalue weighted by molar-refractivity contribution is 5.75. The van der Waals surface area contributed by atoms with Gasteiger partial charge in [0.05, 0.1) is 6.07 Å². The molecule has 1 N–H and O–H groups in total. The largest absolute Gasteiger partial charge is 0.405 e. The number of likely N-dealkylation sites (tertiary alicyclic amines) is 1. The maximum atomic E-state index is 11.8. The summed E-state index contributed by atoms with van der Waals surface area (Å²) in [5.41, 5.74) is 0.